The number of rotatable bonds is 6. The zero-order valence-electron chi connectivity index (χ0n) is 18.5. The molecule has 1 N–H and O–H groups in total. The molecule has 0 saturated carbocycles. The topological polar surface area (TPSA) is 67.9 Å². The van der Waals surface area contributed by atoms with E-state index in [4.69, 9.17) is 9.47 Å². The first kappa shape index (κ1) is 22.3. The number of benzene rings is 3. The molecule has 0 aliphatic carbocycles. The monoisotopic (exact) mass is 448 g/mol. The molecule has 33 heavy (non-hydrogen) atoms. The summed E-state index contributed by atoms with van der Waals surface area (Å²) in [6.07, 6.45) is -0.0747. The Balaban J connectivity index is 1.60. The smallest absolute Gasteiger partial charge is 0.264 e. The Morgan fingerprint density at radius 2 is 1.97 bits per heavy atom. The molecule has 1 atom stereocenters. The molecule has 7 heteroatoms. The first-order chi connectivity index (χ1) is 16.0. The molecule has 4 rings (SSSR count). The predicted octanol–water partition coefficient (Wildman–Crippen LogP) is 4.79. The van der Waals surface area contributed by atoms with Crippen LogP contribution in [0.5, 0.6) is 11.5 Å². The van der Waals surface area contributed by atoms with Crippen molar-refractivity contribution < 1.29 is 23.5 Å². The highest BCUT2D eigenvalue weighted by atomic mass is 19.1. The van der Waals surface area contributed by atoms with Gasteiger partial charge in [-0.1, -0.05) is 31.2 Å². The summed E-state index contributed by atoms with van der Waals surface area (Å²) in [5.41, 5.74) is 2.15. The highest BCUT2D eigenvalue weighted by Crippen LogP contribution is 2.30. The molecule has 6 nitrogen and oxygen atoms in total. The van der Waals surface area contributed by atoms with E-state index in [0.717, 1.165) is 16.9 Å². The predicted molar refractivity (Wildman–Crippen MR) is 123 cm³/mol. The second kappa shape index (κ2) is 9.73. The van der Waals surface area contributed by atoms with Crippen LogP contribution < -0.4 is 14.8 Å². The van der Waals surface area contributed by atoms with Crippen LogP contribution in [0.1, 0.15) is 34.8 Å². The molecular formula is C26H25FN2O4. The van der Waals surface area contributed by atoms with E-state index in [1.54, 1.807) is 36.3 Å². The van der Waals surface area contributed by atoms with Crippen LogP contribution in [0.2, 0.25) is 0 Å². The molecule has 2 amide bonds. The number of anilines is 1. The first-order valence-corrected chi connectivity index (χ1v) is 10.8. The van der Waals surface area contributed by atoms with Gasteiger partial charge in [-0.3, -0.25) is 9.59 Å². The molecule has 170 valence electrons. The van der Waals surface area contributed by atoms with Gasteiger partial charge in [-0.05, 0) is 54.4 Å². The number of hydrogen-bond acceptors (Lipinski definition) is 4. The third kappa shape index (κ3) is 4.98. The summed E-state index contributed by atoms with van der Waals surface area (Å²) >= 11 is 0. The molecular weight excluding hydrogens is 423 g/mol. The van der Waals surface area contributed by atoms with E-state index in [-0.39, 0.29) is 11.5 Å². The van der Waals surface area contributed by atoms with E-state index < -0.39 is 17.8 Å². The SMILES string of the molecule is CC[C@H]1Oc2ccc(NC(=O)c3ccccc3F)cc2CN(Cc2cccc(OC)c2)C1=O. The third-order valence-electron chi connectivity index (χ3n) is 5.53. The normalized spacial score (nSPS) is 15.3. The third-order valence-corrected chi connectivity index (χ3v) is 5.53. The van der Waals surface area contributed by atoms with Gasteiger partial charge >= 0.3 is 0 Å². The number of fused-ring (bicyclic) bond motifs is 1. The van der Waals surface area contributed by atoms with Crippen molar-refractivity contribution in [3.63, 3.8) is 0 Å². The Hall–Kier alpha value is -3.87. The fourth-order valence-corrected chi connectivity index (χ4v) is 3.81. The average Bonchev–Trinajstić information content (AvgIpc) is 2.95. The van der Waals surface area contributed by atoms with Crippen molar-refractivity contribution in [1.82, 2.24) is 4.90 Å². The van der Waals surface area contributed by atoms with E-state index in [0.29, 0.717) is 30.9 Å². The number of nitrogens with one attached hydrogen (secondary N) is 1. The highest BCUT2D eigenvalue weighted by molar-refractivity contribution is 6.04. The maximum absolute atomic E-state index is 14.0. The van der Waals surface area contributed by atoms with Crippen molar-refractivity contribution in [1.29, 1.82) is 0 Å². The van der Waals surface area contributed by atoms with Gasteiger partial charge in [0.15, 0.2) is 6.10 Å². The number of carbonyl (C=O) groups is 2. The van der Waals surface area contributed by atoms with Gasteiger partial charge in [0, 0.05) is 24.3 Å². The van der Waals surface area contributed by atoms with Crippen molar-refractivity contribution in [3.05, 3.63) is 89.2 Å². The molecule has 1 aliphatic rings. The molecule has 0 unspecified atom stereocenters. The van der Waals surface area contributed by atoms with Gasteiger partial charge in [0.05, 0.1) is 12.7 Å². The fraction of sp³-hybridized carbons (Fsp3) is 0.231. The lowest BCUT2D eigenvalue weighted by Gasteiger charge is -2.23. The van der Waals surface area contributed by atoms with Crippen molar-refractivity contribution >= 4 is 17.5 Å². The Labute approximate surface area is 191 Å². The highest BCUT2D eigenvalue weighted by Gasteiger charge is 2.30. The molecule has 0 bridgehead atoms. The van der Waals surface area contributed by atoms with Crippen molar-refractivity contribution in [2.24, 2.45) is 0 Å². The second-order valence-electron chi connectivity index (χ2n) is 7.82. The lowest BCUT2D eigenvalue weighted by atomic mass is 10.1. The van der Waals surface area contributed by atoms with Crippen LogP contribution in [0.25, 0.3) is 0 Å². The number of methoxy groups -OCH3 is 1. The van der Waals surface area contributed by atoms with Gasteiger partial charge in [-0.2, -0.15) is 0 Å². The number of halogens is 1. The lowest BCUT2D eigenvalue weighted by molar-refractivity contribution is -0.139. The average molecular weight is 448 g/mol. The van der Waals surface area contributed by atoms with Crippen molar-refractivity contribution in [2.45, 2.75) is 32.5 Å². The zero-order chi connectivity index (χ0) is 23.4. The number of ether oxygens (including phenoxy) is 2. The minimum absolute atomic E-state index is 0.0374. The molecule has 0 fully saturated rings. The Morgan fingerprint density at radius 1 is 1.15 bits per heavy atom. The maximum atomic E-state index is 14.0. The molecule has 0 saturated heterocycles. The van der Waals surface area contributed by atoms with Crippen LogP contribution in [0.4, 0.5) is 10.1 Å². The zero-order valence-corrected chi connectivity index (χ0v) is 18.5. The van der Waals surface area contributed by atoms with Crippen LogP contribution in [-0.2, 0) is 17.9 Å². The standard InChI is InChI=1S/C26H25FN2O4/c1-3-23-26(31)29(15-17-7-6-8-20(13-17)32-2)16-18-14-19(11-12-24(18)33-23)28-25(30)21-9-4-5-10-22(21)27/h4-14,23H,3,15-16H2,1-2H3,(H,28,30)/t23-/m1/s1. The quantitative estimate of drug-likeness (QED) is 0.589. The van der Waals surface area contributed by atoms with Crippen LogP contribution in [0, 0.1) is 5.82 Å². The molecule has 0 radical (unpaired) electrons. The Kier molecular flexibility index (Phi) is 6.58. The van der Waals surface area contributed by atoms with E-state index in [2.05, 4.69) is 5.32 Å². The summed E-state index contributed by atoms with van der Waals surface area (Å²) in [4.78, 5) is 27.4. The number of hydrogen-bond donors (Lipinski definition) is 1. The fourth-order valence-electron chi connectivity index (χ4n) is 3.81. The first-order valence-electron chi connectivity index (χ1n) is 10.8. The molecule has 1 heterocycles. The van der Waals surface area contributed by atoms with Crippen LogP contribution >= 0.6 is 0 Å². The van der Waals surface area contributed by atoms with E-state index in [1.807, 2.05) is 31.2 Å². The van der Waals surface area contributed by atoms with Crippen molar-refractivity contribution in [3.8, 4) is 11.5 Å². The number of amides is 2. The van der Waals surface area contributed by atoms with Gasteiger partial charge in [-0.25, -0.2) is 4.39 Å². The van der Waals surface area contributed by atoms with Gasteiger partial charge < -0.3 is 19.7 Å². The number of carbonyl (C=O) groups excluding carboxylic acids is 2. The summed E-state index contributed by atoms with van der Waals surface area (Å²) in [6.45, 7) is 2.60. The Bertz CT molecular complexity index is 1180. The molecule has 0 spiro atoms. The van der Waals surface area contributed by atoms with Gasteiger partial charge in [0.25, 0.3) is 11.8 Å². The summed E-state index contributed by atoms with van der Waals surface area (Å²) in [6, 6.07) is 18.6. The largest absolute Gasteiger partial charge is 0.497 e. The lowest BCUT2D eigenvalue weighted by Crippen LogP contribution is -2.38. The van der Waals surface area contributed by atoms with E-state index in [9.17, 15) is 14.0 Å². The molecule has 0 aromatic heterocycles. The summed E-state index contributed by atoms with van der Waals surface area (Å²) in [7, 11) is 1.60. The van der Waals surface area contributed by atoms with Crippen LogP contribution in [0.3, 0.4) is 0 Å². The van der Waals surface area contributed by atoms with E-state index >= 15 is 0 Å². The van der Waals surface area contributed by atoms with Crippen molar-refractivity contribution in [2.75, 3.05) is 12.4 Å². The maximum Gasteiger partial charge on any atom is 0.264 e. The minimum Gasteiger partial charge on any atom is -0.497 e. The summed E-state index contributed by atoms with van der Waals surface area (Å²) < 4.78 is 25.3. The van der Waals surface area contributed by atoms with E-state index in [1.165, 1.54) is 18.2 Å². The van der Waals surface area contributed by atoms with Gasteiger partial charge in [0.1, 0.15) is 17.3 Å². The summed E-state index contributed by atoms with van der Waals surface area (Å²) in [5.74, 6) is 0.0737. The molecule has 3 aromatic rings. The number of nitrogens with zero attached hydrogens (tertiary/aromatic N) is 1. The van der Waals surface area contributed by atoms with Gasteiger partial charge in [-0.15, -0.1) is 0 Å². The van der Waals surface area contributed by atoms with Crippen LogP contribution in [-0.4, -0.2) is 29.9 Å². The summed E-state index contributed by atoms with van der Waals surface area (Å²) in [5, 5.41) is 2.73. The van der Waals surface area contributed by atoms with Crippen LogP contribution in [0.15, 0.2) is 66.7 Å². The molecule has 3 aromatic carbocycles. The van der Waals surface area contributed by atoms with Gasteiger partial charge in [0.2, 0.25) is 0 Å². The molecule has 1 aliphatic heterocycles. The Morgan fingerprint density at radius 3 is 2.73 bits per heavy atom. The second-order valence-corrected chi connectivity index (χ2v) is 7.82. The minimum atomic E-state index is -0.601.